The van der Waals surface area contributed by atoms with Crippen LogP contribution in [0.4, 0.5) is 0 Å². The van der Waals surface area contributed by atoms with Crippen LogP contribution in [-0.4, -0.2) is 38.9 Å². The van der Waals surface area contributed by atoms with Gasteiger partial charge in [-0.05, 0) is 19.1 Å². The van der Waals surface area contributed by atoms with E-state index in [1.165, 1.54) is 0 Å². The van der Waals surface area contributed by atoms with Crippen LogP contribution >= 0.6 is 11.3 Å². The molecule has 7 nitrogen and oxygen atoms in total. The molecule has 1 aliphatic rings. The number of thiazole rings is 1. The normalized spacial score (nSPS) is 14.5. The smallest absolute Gasteiger partial charge is 0.242 e. The van der Waals surface area contributed by atoms with Gasteiger partial charge < -0.3 is 9.57 Å². The number of hydrogen-bond acceptors (Lipinski definition) is 8. The summed E-state index contributed by atoms with van der Waals surface area (Å²) < 4.78 is 5.60. The highest BCUT2D eigenvalue weighted by atomic mass is 32.1. The Morgan fingerprint density at radius 3 is 3.11 bits per heavy atom. The van der Waals surface area contributed by atoms with Crippen LogP contribution in [0, 0.1) is 6.92 Å². The Morgan fingerprint density at radius 2 is 2.30 bits per heavy atom. The number of hydrogen-bond donors (Lipinski definition) is 0. The number of aryl methyl sites for hydroxylation is 1. The Kier molecular flexibility index (Phi) is 4.88. The molecule has 4 heterocycles. The number of oxime groups is 1. The van der Waals surface area contributed by atoms with Crippen molar-refractivity contribution in [1.82, 2.24) is 19.9 Å². The van der Waals surface area contributed by atoms with Crippen molar-refractivity contribution < 1.29 is 9.57 Å². The summed E-state index contributed by atoms with van der Waals surface area (Å²) in [5.74, 6) is 0.473. The van der Waals surface area contributed by atoms with Crippen LogP contribution in [0.15, 0.2) is 48.5 Å². The molecule has 8 heteroatoms. The molecule has 0 amide bonds. The molecule has 3 aromatic heterocycles. The van der Waals surface area contributed by atoms with Crippen molar-refractivity contribution in [2.75, 3.05) is 13.2 Å². The topological polar surface area (TPSA) is 82.4 Å². The van der Waals surface area contributed by atoms with Gasteiger partial charge in [0, 0.05) is 24.4 Å². The zero-order valence-electron chi connectivity index (χ0n) is 14.8. The lowest BCUT2D eigenvalue weighted by atomic mass is 10.1. The van der Waals surface area contributed by atoms with Crippen LogP contribution < -0.4 is 4.74 Å². The molecule has 0 unspecified atom stereocenters. The van der Waals surface area contributed by atoms with E-state index in [9.17, 15) is 0 Å². The first-order chi connectivity index (χ1) is 13.3. The Morgan fingerprint density at radius 1 is 1.37 bits per heavy atom. The van der Waals surface area contributed by atoms with E-state index in [4.69, 9.17) is 14.6 Å². The summed E-state index contributed by atoms with van der Waals surface area (Å²) in [6.07, 6.45) is 7.52. The summed E-state index contributed by atoms with van der Waals surface area (Å²) in [5.41, 5.74) is 3.94. The number of aromatic nitrogens is 4. The van der Waals surface area contributed by atoms with E-state index in [0.29, 0.717) is 31.2 Å². The summed E-state index contributed by atoms with van der Waals surface area (Å²) in [6, 6.07) is 3.89. The maximum absolute atomic E-state index is 5.60. The fourth-order valence-corrected chi connectivity index (χ4v) is 3.66. The fourth-order valence-electron chi connectivity index (χ4n) is 2.65. The van der Waals surface area contributed by atoms with Gasteiger partial charge in [0.2, 0.25) is 5.88 Å². The molecule has 4 rings (SSSR count). The summed E-state index contributed by atoms with van der Waals surface area (Å²) in [7, 11) is 0. The molecule has 1 aliphatic heterocycles. The van der Waals surface area contributed by atoms with Gasteiger partial charge in [-0.3, -0.25) is 4.98 Å². The largest absolute Gasteiger partial charge is 0.476 e. The zero-order chi connectivity index (χ0) is 18.6. The number of rotatable bonds is 5. The molecule has 0 saturated heterocycles. The molecule has 27 heavy (non-hydrogen) atoms. The Bertz CT molecular complexity index is 1000. The lowest BCUT2D eigenvalue weighted by molar-refractivity contribution is 0.172. The first-order valence-electron chi connectivity index (χ1n) is 8.44. The van der Waals surface area contributed by atoms with Crippen molar-refractivity contribution in [2.24, 2.45) is 5.16 Å². The minimum Gasteiger partial charge on any atom is -0.476 e. The van der Waals surface area contributed by atoms with Gasteiger partial charge in [0.05, 0.1) is 23.4 Å². The van der Waals surface area contributed by atoms with Gasteiger partial charge >= 0.3 is 0 Å². The van der Waals surface area contributed by atoms with E-state index in [0.717, 1.165) is 32.5 Å². The third kappa shape index (κ3) is 3.56. The lowest BCUT2D eigenvalue weighted by Gasteiger charge is -2.17. The first kappa shape index (κ1) is 17.3. The third-order valence-electron chi connectivity index (χ3n) is 3.89. The number of nitrogens with zero attached hydrogens (tertiary/aromatic N) is 5. The molecule has 0 fully saturated rings. The van der Waals surface area contributed by atoms with Gasteiger partial charge in [0.25, 0.3) is 0 Å². The van der Waals surface area contributed by atoms with Crippen LogP contribution in [0.5, 0.6) is 5.88 Å². The Balaban J connectivity index is 1.72. The molecule has 0 bridgehead atoms. The van der Waals surface area contributed by atoms with E-state index in [1.54, 1.807) is 36.0 Å². The first-order valence-corrected chi connectivity index (χ1v) is 9.26. The maximum Gasteiger partial charge on any atom is 0.242 e. The van der Waals surface area contributed by atoms with Gasteiger partial charge in [-0.2, -0.15) is 0 Å². The zero-order valence-corrected chi connectivity index (χ0v) is 15.6. The third-order valence-corrected chi connectivity index (χ3v) is 5.12. The Labute approximate surface area is 160 Å². The molecule has 3 aromatic rings. The molecular weight excluding hydrogens is 362 g/mol. The number of fused-ring (bicyclic) bond motifs is 1. The van der Waals surface area contributed by atoms with Crippen LogP contribution in [0.2, 0.25) is 0 Å². The molecule has 0 spiro atoms. The highest BCUT2D eigenvalue weighted by molar-refractivity contribution is 7.18. The van der Waals surface area contributed by atoms with Crippen molar-refractivity contribution in [3.05, 3.63) is 54.8 Å². The van der Waals surface area contributed by atoms with Gasteiger partial charge in [-0.15, -0.1) is 11.3 Å². The standard InChI is InChI=1S/C19H17N5O2S/c1-3-8-26-24-14-6-9-25-18-16(14)23-15(11-21-18)17-12(2)22-19(27-17)13-5-4-7-20-10-13/h3-5,7,10-11H,1,6,8-9H2,2H3. The highest BCUT2D eigenvalue weighted by Gasteiger charge is 2.23. The van der Waals surface area contributed by atoms with Crippen molar-refractivity contribution in [2.45, 2.75) is 13.3 Å². The summed E-state index contributed by atoms with van der Waals surface area (Å²) in [4.78, 5) is 24.2. The molecule has 0 radical (unpaired) electrons. The second-order valence-electron chi connectivity index (χ2n) is 5.81. The average Bonchev–Trinajstić information content (AvgIpc) is 3.10. The second kappa shape index (κ2) is 7.63. The van der Waals surface area contributed by atoms with Gasteiger partial charge in [0.1, 0.15) is 23.0 Å². The summed E-state index contributed by atoms with van der Waals surface area (Å²) in [6.45, 7) is 6.43. The van der Waals surface area contributed by atoms with E-state index >= 15 is 0 Å². The predicted molar refractivity (Wildman–Crippen MR) is 104 cm³/mol. The van der Waals surface area contributed by atoms with Gasteiger partial charge in [-0.25, -0.2) is 15.0 Å². The average molecular weight is 379 g/mol. The van der Waals surface area contributed by atoms with E-state index in [1.807, 2.05) is 19.1 Å². The van der Waals surface area contributed by atoms with Gasteiger partial charge in [-0.1, -0.05) is 17.8 Å². The van der Waals surface area contributed by atoms with E-state index < -0.39 is 0 Å². The molecule has 0 atom stereocenters. The van der Waals surface area contributed by atoms with Crippen LogP contribution in [-0.2, 0) is 4.84 Å². The predicted octanol–water partition coefficient (Wildman–Crippen LogP) is 3.66. The second-order valence-corrected chi connectivity index (χ2v) is 6.80. The summed E-state index contributed by atoms with van der Waals surface area (Å²) in [5, 5.41) is 5.06. The molecule has 136 valence electrons. The SMILES string of the molecule is C=CCON=C1CCOc2ncc(-c3sc(-c4cccnc4)nc3C)nc21. The van der Waals surface area contributed by atoms with E-state index in [-0.39, 0.29) is 0 Å². The van der Waals surface area contributed by atoms with Crippen molar-refractivity contribution in [1.29, 1.82) is 0 Å². The van der Waals surface area contributed by atoms with Gasteiger partial charge in [0.15, 0.2) is 5.69 Å². The van der Waals surface area contributed by atoms with Crippen molar-refractivity contribution >= 4 is 17.0 Å². The summed E-state index contributed by atoms with van der Waals surface area (Å²) >= 11 is 1.56. The Hall–Kier alpha value is -3.13. The number of pyridine rings is 1. The molecule has 0 N–H and O–H groups in total. The van der Waals surface area contributed by atoms with Crippen LogP contribution in [0.1, 0.15) is 17.8 Å². The van der Waals surface area contributed by atoms with Crippen LogP contribution in [0.3, 0.4) is 0 Å². The van der Waals surface area contributed by atoms with Crippen LogP contribution in [0.25, 0.3) is 21.1 Å². The molecule has 0 saturated carbocycles. The molecular formula is C19H17N5O2S. The molecule has 0 aliphatic carbocycles. The van der Waals surface area contributed by atoms with Crippen molar-refractivity contribution in [3.63, 3.8) is 0 Å². The molecule has 0 aromatic carbocycles. The van der Waals surface area contributed by atoms with Crippen molar-refractivity contribution in [3.8, 4) is 27.0 Å². The quantitative estimate of drug-likeness (QED) is 0.382. The lowest BCUT2D eigenvalue weighted by Crippen LogP contribution is -2.19. The minimum absolute atomic E-state index is 0.342. The van der Waals surface area contributed by atoms with E-state index in [2.05, 4.69) is 26.7 Å². The highest BCUT2D eigenvalue weighted by Crippen LogP contribution is 2.35. The monoisotopic (exact) mass is 379 g/mol. The minimum atomic E-state index is 0.342. The fraction of sp³-hybridized carbons (Fsp3) is 0.211. The number of ether oxygens (including phenoxy) is 1. The maximum atomic E-state index is 5.60.